The van der Waals surface area contributed by atoms with Crippen LogP contribution in [0.4, 0.5) is 4.79 Å². The molecular formula is C20H29N3O3. The first-order valence-electron chi connectivity index (χ1n) is 9.82. The van der Waals surface area contributed by atoms with Gasteiger partial charge in [-0.05, 0) is 43.1 Å². The topological polar surface area (TPSA) is 73.8 Å². The number of ether oxygens (including phenoxy) is 1. The molecule has 5 atom stereocenters. The highest BCUT2D eigenvalue weighted by molar-refractivity contribution is 5.64. The Balaban J connectivity index is 1.34. The molecule has 2 aliphatic heterocycles. The van der Waals surface area contributed by atoms with Crippen LogP contribution in [0.25, 0.3) is 0 Å². The molecule has 2 heterocycles. The maximum atomic E-state index is 11.0. The number of fused-ring (bicyclic) bond motifs is 1. The Morgan fingerprint density at radius 3 is 2.81 bits per heavy atom. The van der Waals surface area contributed by atoms with Crippen molar-refractivity contribution in [3.8, 4) is 0 Å². The minimum atomic E-state index is -0.966. The largest absolute Gasteiger partial charge is 0.465 e. The van der Waals surface area contributed by atoms with Crippen molar-refractivity contribution in [1.82, 2.24) is 15.5 Å². The van der Waals surface area contributed by atoms with Gasteiger partial charge in [0.1, 0.15) is 6.23 Å². The molecule has 3 fully saturated rings. The molecule has 6 nitrogen and oxygen atoms in total. The Labute approximate surface area is 154 Å². The average Bonchev–Trinajstić information content (AvgIpc) is 3.18. The van der Waals surface area contributed by atoms with Gasteiger partial charge in [0.15, 0.2) is 0 Å². The summed E-state index contributed by atoms with van der Waals surface area (Å²) >= 11 is 0. The third kappa shape index (κ3) is 4.03. The molecule has 6 heteroatoms. The van der Waals surface area contributed by atoms with Crippen LogP contribution in [-0.4, -0.2) is 54.1 Å². The number of hydrogen-bond acceptors (Lipinski definition) is 4. The first kappa shape index (κ1) is 17.8. The van der Waals surface area contributed by atoms with E-state index in [1.807, 2.05) is 0 Å². The lowest BCUT2D eigenvalue weighted by Crippen LogP contribution is -2.56. The van der Waals surface area contributed by atoms with Gasteiger partial charge in [-0.25, -0.2) is 4.79 Å². The van der Waals surface area contributed by atoms with Gasteiger partial charge in [0.05, 0.1) is 6.04 Å². The summed E-state index contributed by atoms with van der Waals surface area (Å²) in [5, 5.41) is 15.3. The van der Waals surface area contributed by atoms with E-state index in [0.717, 1.165) is 38.3 Å². The lowest BCUT2D eigenvalue weighted by Gasteiger charge is -2.35. The van der Waals surface area contributed by atoms with Gasteiger partial charge in [-0.3, -0.25) is 10.2 Å². The second-order valence-corrected chi connectivity index (χ2v) is 7.94. The number of nitrogens with one attached hydrogen (secondary N) is 2. The molecule has 4 rings (SSSR count). The van der Waals surface area contributed by atoms with E-state index in [-0.39, 0.29) is 12.3 Å². The fourth-order valence-corrected chi connectivity index (χ4v) is 5.00. The van der Waals surface area contributed by atoms with E-state index in [1.165, 1.54) is 18.5 Å². The number of likely N-dealkylation sites (tertiary alicyclic amines) is 1. The van der Waals surface area contributed by atoms with Crippen LogP contribution in [0.5, 0.6) is 0 Å². The van der Waals surface area contributed by atoms with Crippen LogP contribution in [0, 0.1) is 11.8 Å². The third-order valence-corrected chi connectivity index (χ3v) is 6.19. The predicted octanol–water partition coefficient (Wildman–Crippen LogP) is 2.26. The molecule has 0 spiro atoms. The highest BCUT2D eigenvalue weighted by Gasteiger charge is 2.44. The second-order valence-electron chi connectivity index (χ2n) is 7.94. The van der Waals surface area contributed by atoms with Gasteiger partial charge >= 0.3 is 6.09 Å². The van der Waals surface area contributed by atoms with Gasteiger partial charge < -0.3 is 15.2 Å². The Kier molecular flexibility index (Phi) is 5.43. The molecule has 142 valence electrons. The summed E-state index contributed by atoms with van der Waals surface area (Å²) in [7, 11) is 0. The highest BCUT2D eigenvalue weighted by Crippen LogP contribution is 2.39. The summed E-state index contributed by atoms with van der Waals surface area (Å²) in [4.78, 5) is 13.6. The Bertz CT molecular complexity index is 612. The number of nitrogens with zero attached hydrogens (tertiary/aromatic N) is 1. The molecule has 1 aromatic carbocycles. The monoisotopic (exact) mass is 359 g/mol. The van der Waals surface area contributed by atoms with Gasteiger partial charge in [-0.15, -0.1) is 0 Å². The number of rotatable bonds is 5. The molecule has 0 radical (unpaired) electrons. The molecule has 1 aromatic rings. The van der Waals surface area contributed by atoms with Gasteiger partial charge in [-0.1, -0.05) is 30.3 Å². The molecular weight excluding hydrogens is 330 g/mol. The first-order chi connectivity index (χ1) is 12.7. The van der Waals surface area contributed by atoms with Crippen LogP contribution < -0.4 is 10.6 Å². The fourth-order valence-electron chi connectivity index (χ4n) is 5.00. The molecule has 0 bridgehead atoms. The normalized spacial score (nSPS) is 34.5. The SMILES string of the molecule is O=C(O)NC1CCCOC1NC1CC[C@H]2CN(Cc3ccccc3)CC12. The highest BCUT2D eigenvalue weighted by atomic mass is 16.5. The molecule has 3 N–H and O–H groups in total. The zero-order valence-corrected chi connectivity index (χ0v) is 15.1. The van der Waals surface area contributed by atoms with E-state index in [9.17, 15) is 4.79 Å². The summed E-state index contributed by atoms with van der Waals surface area (Å²) in [6.45, 7) is 4.00. The first-order valence-corrected chi connectivity index (χ1v) is 9.82. The van der Waals surface area contributed by atoms with E-state index in [4.69, 9.17) is 9.84 Å². The maximum Gasteiger partial charge on any atom is 0.405 e. The third-order valence-electron chi connectivity index (χ3n) is 6.19. The molecule has 1 aliphatic carbocycles. The molecule has 1 amide bonds. The fraction of sp³-hybridized carbons (Fsp3) is 0.650. The van der Waals surface area contributed by atoms with Crippen LogP contribution in [-0.2, 0) is 11.3 Å². The lowest BCUT2D eigenvalue weighted by atomic mass is 9.97. The molecule has 26 heavy (non-hydrogen) atoms. The summed E-state index contributed by atoms with van der Waals surface area (Å²) in [5.74, 6) is 1.38. The van der Waals surface area contributed by atoms with Crippen molar-refractivity contribution in [1.29, 1.82) is 0 Å². The quantitative estimate of drug-likeness (QED) is 0.752. The Hall–Kier alpha value is -1.63. The van der Waals surface area contributed by atoms with Gasteiger partial charge in [0, 0.05) is 32.3 Å². The molecule has 0 aromatic heterocycles. The van der Waals surface area contributed by atoms with Crippen molar-refractivity contribution in [3.63, 3.8) is 0 Å². The van der Waals surface area contributed by atoms with E-state index in [1.54, 1.807) is 0 Å². The van der Waals surface area contributed by atoms with Crippen LogP contribution in [0.2, 0.25) is 0 Å². The zero-order valence-electron chi connectivity index (χ0n) is 15.1. The minimum absolute atomic E-state index is 0.151. The van der Waals surface area contributed by atoms with Crippen molar-refractivity contribution in [2.45, 2.75) is 50.5 Å². The Morgan fingerprint density at radius 2 is 2.00 bits per heavy atom. The van der Waals surface area contributed by atoms with Crippen LogP contribution in [0.1, 0.15) is 31.2 Å². The van der Waals surface area contributed by atoms with Crippen molar-refractivity contribution >= 4 is 6.09 Å². The maximum absolute atomic E-state index is 11.0. The smallest absolute Gasteiger partial charge is 0.405 e. The van der Waals surface area contributed by atoms with Crippen molar-refractivity contribution in [2.75, 3.05) is 19.7 Å². The molecule has 4 unspecified atom stereocenters. The van der Waals surface area contributed by atoms with E-state index < -0.39 is 6.09 Å². The van der Waals surface area contributed by atoms with Crippen LogP contribution in [0.15, 0.2) is 30.3 Å². The standard InChI is InChI=1S/C20H29N3O3/c24-20(25)22-18-7-4-10-26-19(18)21-17-9-8-15-12-23(13-16(15)17)11-14-5-2-1-3-6-14/h1-3,5-6,15-19,21-22H,4,7-13H2,(H,24,25)/t15-,16?,17?,18?,19?/m0/s1. The summed E-state index contributed by atoms with van der Waals surface area (Å²) in [6, 6.07) is 10.9. The summed E-state index contributed by atoms with van der Waals surface area (Å²) in [6.07, 6.45) is 2.99. The van der Waals surface area contributed by atoms with Crippen molar-refractivity contribution in [3.05, 3.63) is 35.9 Å². The minimum Gasteiger partial charge on any atom is -0.465 e. The van der Waals surface area contributed by atoms with Crippen LogP contribution in [0.3, 0.4) is 0 Å². The predicted molar refractivity (Wildman–Crippen MR) is 98.8 cm³/mol. The second kappa shape index (κ2) is 7.94. The molecule has 2 saturated heterocycles. The number of hydrogen-bond donors (Lipinski definition) is 3. The molecule has 3 aliphatic rings. The number of carbonyl (C=O) groups is 1. The van der Waals surface area contributed by atoms with Gasteiger partial charge in [-0.2, -0.15) is 0 Å². The Morgan fingerprint density at radius 1 is 1.15 bits per heavy atom. The van der Waals surface area contributed by atoms with Crippen molar-refractivity contribution in [2.24, 2.45) is 11.8 Å². The number of carboxylic acid groups (broad SMARTS) is 1. The lowest BCUT2D eigenvalue weighted by molar-refractivity contribution is -0.0370. The molecule has 1 saturated carbocycles. The zero-order chi connectivity index (χ0) is 17.9. The number of benzene rings is 1. The van der Waals surface area contributed by atoms with Gasteiger partial charge in [0.2, 0.25) is 0 Å². The average molecular weight is 359 g/mol. The van der Waals surface area contributed by atoms with E-state index in [2.05, 4.69) is 45.9 Å². The van der Waals surface area contributed by atoms with Crippen molar-refractivity contribution < 1.29 is 14.6 Å². The summed E-state index contributed by atoms with van der Waals surface area (Å²) < 4.78 is 5.87. The van der Waals surface area contributed by atoms with E-state index in [0.29, 0.717) is 18.6 Å². The van der Waals surface area contributed by atoms with Gasteiger partial charge in [0.25, 0.3) is 0 Å². The summed E-state index contributed by atoms with van der Waals surface area (Å²) in [5.41, 5.74) is 1.37. The number of amides is 1. The van der Waals surface area contributed by atoms with Crippen LogP contribution >= 0.6 is 0 Å². The van der Waals surface area contributed by atoms with E-state index >= 15 is 0 Å².